The number of halogens is 1. The van der Waals surface area contributed by atoms with E-state index in [2.05, 4.69) is 22.4 Å². The molecule has 0 saturated heterocycles. The minimum absolute atomic E-state index is 0.171. The van der Waals surface area contributed by atoms with Gasteiger partial charge in [-0.1, -0.05) is 30.7 Å². The highest BCUT2D eigenvalue weighted by Crippen LogP contribution is 2.22. The fourth-order valence-electron chi connectivity index (χ4n) is 3.12. The molecule has 9 heteroatoms. The van der Waals surface area contributed by atoms with Crippen LogP contribution in [0.3, 0.4) is 0 Å². The summed E-state index contributed by atoms with van der Waals surface area (Å²) >= 11 is 5.97. The summed E-state index contributed by atoms with van der Waals surface area (Å²) in [6.45, 7) is 4.42. The molecule has 0 fully saturated rings. The summed E-state index contributed by atoms with van der Waals surface area (Å²) in [5, 5.41) is 11.9. The number of anilines is 1. The van der Waals surface area contributed by atoms with Crippen molar-refractivity contribution >= 4 is 23.2 Å². The van der Waals surface area contributed by atoms with Gasteiger partial charge in [-0.3, -0.25) is 4.79 Å². The van der Waals surface area contributed by atoms with E-state index in [1.807, 2.05) is 37.3 Å². The standard InChI is InChI=1S/C24H24ClN5O3/c1-3-18-4-7-21(8-5-18)32-16-30-14-20(13-26-30)27-24(31)22-10-11-29(28-22)15-33-23-9-6-19(25)12-17(23)2/h4-14H,3,15-16H2,1-2H3,(H,27,31). The molecule has 0 aliphatic carbocycles. The van der Waals surface area contributed by atoms with Gasteiger partial charge in [-0.15, -0.1) is 0 Å². The lowest BCUT2D eigenvalue weighted by Gasteiger charge is -2.09. The summed E-state index contributed by atoms with van der Waals surface area (Å²) in [7, 11) is 0. The number of benzene rings is 2. The highest BCUT2D eigenvalue weighted by atomic mass is 35.5. The number of aryl methyl sites for hydroxylation is 2. The lowest BCUT2D eigenvalue weighted by Crippen LogP contribution is -2.14. The van der Waals surface area contributed by atoms with Crippen LogP contribution in [-0.2, 0) is 19.9 Å². The smallest absolute Gasteiger partial charge is 0.276 e. The second kappa shape index (κ2) is 10.2. The van der Waals surface area contributed by atoms with E-state index >= 15 is 0 Å². The predicted molar refractivity (Wildman–Crippen MR) is 126 cm³/mol. The number of carbonyl (C=O) groups is 1. The number of amides is 1. The second-order valence-corrected chi connectivity index (χ2v) is 7.85. The summed E-state index contributed by atoms with van der Waals surface area (Å²) < 4.78 is 14.6. The minimum atomic E-state index is -0.341. The predicted octanol–water partition coefficient (Wildman–Crippen LogP) is 4.93. The zero-order chi connectivity index (χ0) is 23.2. The van der Waals surface area contributed by atoms with E-state index in [0.717, 1.165) is 17.7 Å². The molecule has 0 aliphatic rings. The molecule has 170 valence electrons. The van der Waals surface area contributed by atoms with Crippen LogP contribution in [0.25, 0.3) is 0 Å². The fraction of sp³-hybridized carbons (Fsp3) is 0.208. The summed E-state index contributed by atoms with van der Waals surface area (Å²) in [6.07, 6.45) is 5.92. The summed E-state index contributed by atoms with van der Waals surface area (Å²) in [4.78, 5) is 12.5. The first kappa shape index (κ1) is 22.4. The number of nitrogens with one attached hydrogen (secondary N) is 1. The molecular weight excluding hydrogens is 442 g/mol. The van der Waals surface area contributed by atoms with Gasteiger partial charge in [-0.05, 0) is 60.9 Å². The van der Waals surface area contributed by atoms with Gasteiger partial charge >= 0.3 is 0 Å². The molecule has 0 radical (unpaired) electrons. The van der Waals surface area contributed by atoms with E-state index in [1.165, 1.54) is 5.56 Å². The average molecular weight is 466 g/mol. The first-order valence-electron chi connectivity index (χ1n) is 10.5. The van der Waals surface area contributed by atoms with Crippen molar-refractivity contribution in [2.24, 2.45) is 0 Å². The van der Waals surface area contributed by atoms with Gasteiger partial charge in [0, 0.05) is 11.2 Å². The fourth-order valence-corrected chi connectivity index (χ4v) is 3.35. The molecule has 33 heavy (non-hydrogen) atoms. The van der Waals surface area contributed by atoms with Gasteiger partial charge in [-0.25, -0.2) is 9.36 Å². The minimum Gasteiger partial charge on any atom is -0.471 e. The molecule has 2 aromatic carbocycles. The highest BCUT2D eigenvalue weighted by molar-refractivity contribution is 6.30. The molecule has 1 amide bonds. The van der Waals surface area contributed by atoms with Gasteiger partial charge in [0.15, 0.2) is 19.2 Å². The van der Waals surface area contributed by atoms with Crippen LogP contribution in [0.15, 0.2) is 67.1 Å². The van der Waals surface area contributed by atoms with Crippen LogP contribution >= 0.6 is 11.6 Å². The molecule has 0 spiro atoms. The van der Waals surface area contributed by atoms with Gasteiger partial charge in [0.05, 0.1) is 18.1 Å². The van der Waals surface area contributed by atoms with Crippen LogP contribution in [0.5, 0.6) is 11.5 Å². The maximum atomic E-state index is 12.5. The Kier molecular flexibility index (Phi) is 6.95. The first-order valence-corrected chi connectivity index (χ1v) is 10.9. The number of rotatable bonds is 9. The zero-order valence-electron chi connectivity index (χ0n) is 18.4. The Morgan fingerprint density at radius 1 is 1.06 bits per heavy atom. The maximum Gasteiger partial charge on any atom is 0.276 e. The number of nitrogens with zero attached hydrogens (tertiary/aromatic N) is 4. The van der Waals surface area contributed by atoms with Crippen molar-refractivity contribution in [3.8, 4) is 11.5 Å². The Morgan fingerprint density at radius 3 is 2.61 bits per heavy atom. The van der Waals surface area contributed by atoms with Crippen LogP contribution in [0.1, 0.15) is 28.5 Å². The molecule has 4 rings (SSSR count). The van der Waals surface area contributed by atoms with Crippen molar-refractivity contribution in [3.05, 3.63) is 89.0 Å². The highest BCUT2D eigenvalue weighted by Gasteiger charge is 2.12. The topological polar surface area (TPSA) is 83.2 Å². The quantitative estimate of drug-likeness (QED) is 0.379. The number of carbonyl (C=O) groups excluding carboxylic acids is 1. The van der Waals surface area contributed by atoms with Crippen molar-refractivity contribution < 1.29 is 14.3 Å². The van der Waals surface area contributed by atoms with Crippen LogP contribution in [0.4, 0.5) is 5.69 Å². The van der Waals surface area contributed by atoms with E-state index in [1.54, 1.807) is 46.2 Å². The normalized spacial score (nSPS) is 10.8. The SMILES string of the molecule is CCc1ccc(OCn2cc(NC(=O)c3ccn(COc4ccc(Cl)cc4C)n3)cn2)cc1. The lowest BCUT2D eigenvalue weighted by molar-refractivity contribution is 0.102. The Balaban J connectivity index is 1.28. The zero-order valence-corrected chi connectivity index (χ0v) is 19.1. The van der Waals surface area contributed by atoms with E-state index in [0.29, 0.717) is 16.5 Å². The Morgan fingerprint density at radius 2 is 1.85 bits per heavy atom. The van der Waals surface area contributed by atoms with Gasteiger partial charge < -0.3 is 14.8 Å². The monoisotopic (exact) mass is 465 g/mol. The molecule has 8 nitrogen and oxygen atoms in total. The van der Waals surface area contributed by atoms with E-state index < -0.39 is 0 Å². The molecular formula is C24H24ClN5O3. The molecule has 0 saturated carbocycles. The summed E-state index contributed by atoms with van der Waals surface area (Å²) in [5.74, 6) is 1.12. The lowest BCUT2D eigenvalue weighted by atomic mass is 10.2. The number of hydrogen-bond acceptors (Lipinski definition) is 5. The summed E-state index contributed by atoms with van der Waals surface area (Å²) in [5.41, 5.74) is 2.99. The van der Waals surface area contributed by atoms with Crippen molar-refractivity contribution in [3.63, 3.8) is 0 Å². The third-order valence-electron chi connectivity index (χ3n) is 4.95. The van der Waals surface area contributed by atoms with Gasteiger partial charge in [0.1, 0.15) is 11.5 Å². The average Bonchev–Trinajstić information content (AvgIpc) is 3.47. The van der Waals surface area contributed by atoms with Crippen LogP contribution in [-0.4, -0.2) is 25.5 Å². The number of hydrogen-bond donors (Lipinski definition) is 1. The molecule has 2 aromatic heterocycles. The van der Waals surface area contributed by atoms with E-state index in [4.69, 9.17) is 21.1 Å². The van der Waals surface area contributed by atoms with Crippen LogP contribution in [0.2, 0.25) is 5.02 Å². The van der Waals surface area contributed by atoms with Crippen molar-refractivity contribution in [2.45, 2.75) is 33.7 Å². The Labute approximate surface area is 196 Å². The Hall–Kier alpha value is -3.78. The largest absolute Gasteiger partial charge is 0.471 e. The Bertz CT molecular complexity index is 1230. The van der Waals surface area contributed by atoms with Crippen molar-refractivity contribution in [2.75, 3.05) is 5.32 Å². The van der Waals surface area contributed by atoms with Gasteiger partial charge in [0.2, 0.25) is 0 Å². The molecule has 2 heterocycles. The van der Waals surface area contributed by atoms with Gasteiger partial charge in [-0.2, -0.15) is 10.2 Å². The molecule has 0 atom stereocenters. The van der Waals surface area contributed by atoms with Crippen molar-refractivity contribution in [1.82, 2.24) is 19.6 Å². The molecule has 1 N–H and O–H groups in total. The first-order chi connectivity index (χ1) is 16.0. The maximum absolute atomic E-state index is 12.5. The number of aromatic nitrogens is 4. The van der Waals surface area contributed by atoms with Crippen molar-refractivity contribution in [1.29, 1.82) is 0 Å². The van der Waals surface area contributed by atoms with E-state index in [-0.39, 0.29) is 25.1 Å². The second-order valence-electron chi connectivity index (χ2n) is 7.42. The molecule has 0 bridgehead atoms. The summed E-state index contributed by atoms with van der Waals surface area (Å²) in [6, 6.07) is 14.9. The van der Waals surface area contributed by atoms with Gasteiger partial charge in [0.25, 0.3) is 5.91 Å². The molecule has 0 aliphatic heterocycles. The van der Waals surface area contributed by atoms with E-state index in [9.17, 15) is 4.79 Å². The third kappa shape index (κ3) is 5.93. The van der Waals surface area contributed by atoms with Crippen LogP contribution < -0.4 is 14.8 Å². The molecule has 0 unspecified atom stereocenters. The third-order valence-corrected chi connectivity index (χ3v) is 5.18. The number of ether oxygens (including phenoxy) is 2. The van der Waals surface area contributed by atoms with Crippen LogP contribution in [0, 0.1) is 6.92 Å². The molecule has 4 aromatic rings.